The van der Waals surface area contributed by atoms with Crippen molar-refractivity contribution in [1.82, 2.24) is 20.4 Å². The van der Waals surface area contributed by atoms with Crippen LogP contribution in [0.4, 0.5) is 0 Å². The third kappa shape index (κ3) is 3.30. The van der Waals surface area contributed by atoms with Gasteiger partial charge >= 0.3 is 0 Å². The highest BCUT2D eigenvalue weighted by atomic mass is 16.5. The Morgan fingerprint density at radius 2 is 2.31 bits per heavy atom. The largest absolute Gasteiger partial charge is 0.497 e. The lowest BCUT2D eigenvalue weighted by molar-refractivity contribution is -0.123. The summed E-state index contributed by atoms with van der Waals surface area (Å²) in [6.07, 6.45) is 5.04. The van der Waals surface area contributed by atoms with Crippen LogP contribution in [0.15, 0.2) is 41.1 Å². The van der Waals surface area contributed by atoms with E-state index in [1.54, 1.807) is 18.0 Å². The summed E-state index contributed by atoms with van der Waals surface area (Å²) in [4.78, 5) is 11.9. The van der Waals surface area contributed by atoms with Crippen LogP contribution in [0.25, 0.3) is 11.0 Å². The van der Waals surface area contributed by atoms with Crippen LogP contribution in [0, 0.1) is 0 Å². The smallest absolute Gasteiger partial charge is 0.220 e. The number of hydrogen-bond acceptors (Lipinski definition) is 5. The molecule has 1 fully saturated rings. The number of piperidine rings is 1. The van der Waals surface area contributed by atoms with Crippen molar-refractivity contribution in [3.63, 3.8) is 0 Å². The number of fused-ring (bicyclic) bond motifs is 1. The molecule has 0 unspecified atom stereocenters. The van der Waals surface area contributed by atoms with Crippen LogP contribution < -0.4 is 15.4 Å². The zero-order valence-corrected chi connectivity index (χ0v) is 14.9. The van der Waals surface area contributed by atoms with Gasteiger partial charge in [-0.3, -0.25) is 9.48 Å². The lowest BCUT2D eigenvalue weighted by atomic mass is 9.93. The molecule has 0 radical (unpaired) electrons. The number of aryl methyl sites for hydroxylation is 1. The summed E-state index contributed by atoms with van der Waals surface area (Å²) in [6.45, 7) is 0.592. The fourth-order valence-corrected chi connectivity index (χ4v) is 3.46. The molecular formula is C19H22N4O3. The van der Waals surface area contributed by atoms with Gasteiger partial charge in [0, 0.05) is 36.7 Å². The first-order chi connectivity index (χ1) is 12.6. The van der Waals surface area contributed by atoms with Crippen molar-refractivity contribution in [2.45, 2.75) is 31.5 Å². The number of rotatable bonds is 5. The lowest BCUT2D eigenvalue weighted by Gasteiger charge is -2.32. The Kier molecular flexibility index (Phi) is 4.38. The van der Waals surface area contributed by atoms with Gasteiger partial charge in [-0.05, 0) is 30.7 Å². The van der Waals surface area contributed by atoms with E-state index in [0.29, 0.717) is 13.0 Å². The molecule has 2 aromatic heterocycles. The minimum absolute atomic E-state index is 0.0766. The molecule has 4 rings (SSSR count). The number of carbonyl (C=O) groups is 1. The quantitative estimate of drug-likeness (QED) is 0.735. The number of carbonyl (C=O) groups excluding carboxylic acids is 1. The number of nitrogens with zero attached hydrogens (tertiary/aromatic N) is 2. The molecule has 1 aromatic carbocycles. The fourth-order valence-electron chi connectivity index (χ4n) is 3.46. The summed E-state index contributed by atoms with van der Waals surface area (Å²) in [5, 5.41) is 11.8. The molecule has 2 N–H and O–H groups in total. The molecule has 26 heavy (non-hydrogen) atoms. The van der Waals surface area contributed by atoms with Crippen molar-refractivity contribution < 1.29 is 13.9 Å². The summed E-state index contributed by atoms with van der Waals surface area (Å²) in [5.41, 5.74) is 1.84. The molecule has 1 amide bonds. The molecule has 0 aliphatic carbocycles. The Bertz CT molecular complexity index is 930. The number of amides is 1. The second kappa shape index (κ2) is 6.84. The van der Waals surface area contributed by atoms with E-state index in [4.69, 9.17) is 9.15 Å². The second-order valence-electron chi connectivity index (χ2n) is 6.64. The number of furan rings is 1. The van der Waals surface area contributed by atoms with Crippen molar-refractivity contribution in [2.75, 3.05) is 7.11 Å². The monoisotopic (exact) mass is 354 g/mol. The third-order valence-corrected chi connectivity index (χ3v) is 4.80. The van der Waals surface area contributed by atoms with E-state index in [9.17, 15) is 4.79 Å². The Hall–Kier alpha value is -2.80. The van der Waals surface area contributed by atoms with Gasteiger partial charge in [-0.2, -0.15) is 5.10 Å². The fraction of sp³-hybridized carbons (Fsp3) is 0.368. The zero-order chi connectivity index (χ0) is 18.1. The van der Waals surface area contributed by atoms with E-state index in [2.05, 4.69) is 15.7 Å². The topological polar surface area (TPSA) is 81.3 Å². The molecule has 7 nitrogen and oxygen atoms in total. The number of benzene rings is 1. The van der Waals surface area contributed by atoms with Crippen LogP contribution in [-0.4, -0.2) is 28.8 Å². The van der Waals surface area contributed by atoms with E-state index >= 15 is 0 Å². The van der Waals surface area contributed by atoms with E-state index in [1.807, 2.05) is 37.5 Å². The average molecular weight is 354 g/mol. The minimum Gasteiger partial charge on any atom is -0.497 e. The van der Waals surface area contributed by atoms with E-state index < -0.39 is 0 Å². The number of nitrogens with one attached hydrogen (secondary N) is 2. The molecular weight excluding hydrogens is 332 g/mol. The Morgan fingerprint density at radius 1 is 1.42 bits per heavy atom. The predicted molar refractivity (Wildman–Crippen MR) is 96.7 cm³/mol. The maximum absolute atomic E-state index is 11.9. The maximum atomic E-state index is 11.9. The number of methoxy groups -OCH3 is 1. The summed E-state index contributed by atoms with van der Waals surface area (Å²) < 4.78 is 12.9. The first-order valence-electron chi connectivity index (χ1n) is 8.70. The van der Waals surface area contributed by atoms with Crippen molar-refractivity contribution >= 4 is 16.9 Å². The van der Waals surface area contributed by atoms with Crippen molar-refractivity contribution in [2.24, 2.45) is 7.05 Å². The van der Waals surface area contributed by atoms with Gasteiger partial charge in [-0.15, -0.1) is 0 Å². The summed E-state index contributed by atoms with van der Waals surface area (Å²) >= 11 is 0. The van der Waals surface area contributed by atoms with Crippen LogP contribution in [0.2, 0.25) is 0 Å². The Morgan fingerprint density at radius 3 is 3.08 bits per heavy atom. The molecule has 3 heterocycles. The molecule has 0 saturated carbocycles. The van der Waals surface area contributed by atoms with Crippen molar-refractivity contribution in [3.05, 3.63) is 48.0 Å². The molecule has 136 valence electrons. The molecule has 1 saturated heterocycles. The molecule has 0 spiro atoms. The maximum Gasteiger partial charge on any atom is 0.220 e. The van der Waals surface area contributed by atoms with E-state index in [-0.39, 0.29) is 18.0 Å². The van der Waals surface area contributed by atoms with Crippen molar-refractivity contribution in [1.29, 1.82) is 0 Å². The Labute approximate surface area is 151 Å². The highest BCUT2D eigenvalue weighted by Crippen LogP contribution is 2.26. The van der Waals surface area contributed by atoms with Gasteiger partial charge in [-0.25, -0.2) is 0 Å². The van der Waals surface area contributed by atoms with Gasteiger partial charge in [0.1, 0.15) is 17.1 Å². The number of aromatic nitrogens is 2. The number of ether oxygens (including phenoxy) is 1. The molecule has 7 heteroatoms. The molecule has 0 bridgehead atoms. The average Bonchev–Trinajstić information content (AvgIpc) is 3.25. The molecule has 1 aliphatic rings. The van der Waals surface area contributed by atoms with Crippen LogP contribution in [0.3, 0.4) is 0 Å². The van der Waals surface area contributed by atoms with Crippen LogP contribution in [0.5, 0.6) is 5.75 Å². The number of hydrogen-bond donors (Lipinski definition) is 2. The van der Waals surface area contributed by atoms with Gasteiger partial charge in [0.15, 0.2) is 0 Å². The van der Waals surface area contributed by atoms with E-state index in [0.717, 1.165) is 34.5 Å². The Balaban J connectivity index is 1.49. The first-order valence-corrected chi connectivity index (χ1v) is 8.70. The second-order valence-corrected chi connectivity index (χ2v) is 6.64. The SMILES string of the molecule is COc1ccc2oc(CN[C@@H]3CCC(=O)N[C@H]3c3cnn(C)c3)cc2c1. The first kappa shape index (κ1) is 16.7. The molecule has 3 aromatic rings. The van der Waals surface area contributed by atoms with Gasteiger partial charge in [-0.1, -0.05) is 0 Å². The summed E-state index contributed by atoms with van der Waals surface area (Å²) in [5.74, 6) is 1.74. The summed E-state index contributed by atoms with van der Waals surface area (Å²) in [6, 6.07) is 7.82. The van der Waals surface area contributed by atoms with Crippen LogP contribution in [0.1, 0.15) is 30.2 Å². The predicted octanol–water partition coefficient (Wildman–Crippen LogP) is 2.28. The van der Waals surface area contributed by atoms with Gasteiger partial charge in [0.25, 0.3) is 0 Å². The normalized spacial score (nSPS) is 20.3. The zero-order valence-electron chi connectivity index (χ0n) is 14.9. The van der Waals surface area contributed by atoms with Crippen LogP contribution >= 0.6 is 0 Å². The minimum atomic E-state index is -0.0885. The summed E-state index contributed by atoms with van der Waals surface area (Å²) in [7, 11) is 3.53. The van der Waals surface area contributed by atoms with Gasteiger partial charge < -0.3 is 19.8 Å². The van der Waals surface area contributed by atoms with E-state index in [1.165, 1.54) is 0 Å². The van der Waals surface area contributed by atoms with Gasteiger partial charge in [0.05, 0.1) is 25.9 Å². The third-order valence-electron chi connectivity index (χ3n) is 4.80. The molecule has 1 aliphatic heterocycles. The molecule has 2 atom stereocenters. The van der Waals surface area contributed by atoms with Crippen LogP contribution in [-0.2, 0) is 18.4 Å². The van der Waals surface area contributed by atoms with Crippen molar-refractivity contribution in [3.8, 4) is 5.75 Å². The standard InChI is InChI=1S/C19H22N4O3/c1-23-11-13(9-21-23)19-16(4-6-18(24)22-19)20-10-15-8-12-7-14(25-2)3-5-17(12)26-15/h3,5,7-9,11,16,19-20H,4,6,10H2,1-2H3,(H,22,24)/t16-,19+/m1/s1. The highest BCUT2D eigenvalue weighted by Gasteiger charge is 2.30. The highest BCUT2D eigenvalue weighted by molar-refractivity contribution is 5.79. The van der Waals surface area contributed by atoms with Gasteiger partial charge in [0.2, 0.25) is 5.91 Å². The lowest BCUT2D eigenvalue weighted by Crippen LogP contribution is -2.48.